The lowest BCUT2D eigenvalue weighted by Gasteiger charge is -2.35. The molecule has 1 amide bonds. The van der Waals surface area contributed by atoms with E-state index in [1.165, 1.54) is 0 Å². The highest BCUT2D eigenvalue weighted by atomic mass is 16.5. The van der Waals surface area contributed by atoms with Crippen molar-refractivity contribution in [3.8, 4) is 5.75 Å². The molecule has 0 aromatic carbocycles. The minimum atomic E-state index is -0.173. The van der Waals surface area contributed by atoms with Crippen molar-refractivity contribution in [2.45, 2.75) is 37.9 Å². The van der Waals surface area contributed by atoms with Crippen LogP contribution in [0, 0.1) is 0 Å². The number of hydrogen-bond donors (Lipinski definition) is 2. The number of rotatable bonds is 4. The molecule has 3 aliphatic rings. The lowest BCUT2D eigenvalue weighted by molar-refractivity contribution is 0.0958. The van der Waals surface area contributed by atoms with E-state index in [4.69, 9.17) is 4.74 Å². The van der Waals surface area contributed by atoms with Crippen LogP contribution in [0.1, 0.15) is 34.5 Å². The first-order chi connectivity index (χ1) is 16.1. The van der Waals surface area contributed by atoms with Gasteiger partial charge in [0.2, 0.25) is 0 Å². The molecule has 1 aliphatic carbocycles. The van der Waals surface area contributed by atoms with Crippen molar-refractivity contribution in [2.75, 3.05) is 31.6 Å². The third kappa shape index (κ3) is 3.52. The summed E-state index contributed by atoms with van der Waals surface area (Å²) >= 11 is 0. The smallest absolute Gasteiger partial charge is 0.269 e. The maximum Gasteiger partial charge on any atom is 0.269 e. The molecule has 170 valence electrons. The molecule has 3 aromatic heterocycles. The van der Waals surface area contributed by atoms with Gasteiger partial charge in [0.15, 0.2) is 5.75 Å². The molecule has 5 heterocycles. The second-order valence-corrected chi connectivity index (χ2v) is 8.97. The summed E-state index contributed by atoms with van der Waals surface area (Å²) in [6.07, 6.45) is 6.41. The SMILES string of the molecule is CNC(=O)c1ccc(N2CCN(Cc3cnc4c5c(c(=O)[nH]c4c3)CCCO5)[C@H]3CC32)cn1. The summed E-state index contributed by atoms with van der Waals surface area (Å²) in [6.45, 7) is 3.26. The number of nitrogens with zero attached hydrogens (tertiary/aromatic N) is 4. The lowest BCUT2D eigenvalue weighted by atomic mass is 10.1. The van der Waals surface area contributed by atoms with Crippen LogP contribution in [0.2, 0.25) is 0 Å². The van der Waals surface area contributed by atoms with Gasteiger partial charge in [-0.3, -0.25) is 19.5 Å². The summed E-state index contributed by atoms with van der Waals surface area (Å²) in [5.74, 6) is 0.478. The zero-order chi connectivity index (χ0) is 22.5. The highest BCUT2D eigenvalue weighted by molar-refractivity contribution is 5.92. The highest BCUT2D eigenvalue weighted by Crippen LogP contribution is 2.40. The molecular weight excluding hydrogens is 420 g/mol. The molecule has 1 saturated carbocycles. The van der Waals surface area contributed by atoms with Crippen molar-refractivity contribution >= 4 is 22.6 Å². The summed E-state index contributed by atoms with van der Waals surface area (Å²) < 4.78 is 5.79. The van der Waals surface area contributed by atoms with Crippen LogP contribution >= 0.6 is 0 Å². The Morgan fingerprint density at radius 3 is 2.97 bits per heavy atom. The van der Waals surface area contributed by atoms with Crippen LogP contribution in [-0.4, -0.2) is 64.6 Å². The van der Waals surface area contributed by atoms with Gasteiger partial charge in [0.05, 0.1) is 29.6 Å². The quantitative estimate of drug-likeness (QED) is 0.625. The van der Waals surface area contributed by atoms with E-state index in [0.29, 0.717) is 35.7 Å². The average molecular weight is 447 g/mol. The fourth-order valence-corrected chi connectivity index (χ4v) is 5.15. The van der Waals surface area contributed by atoms with Crippen LogP contribution in [0.15, 0.2) is 35.4 Å². The van der Waals surface area contributed by atoms with Gasteiger partial charge >= 0.3 is 0 Å². The van der Waals surface area contributed by atoms with Crippen LogP contribution in [0.25, 0.3) is 11.0 Å². The van der Waals surface area contributed by atoms with E-state index in [1.54, 1.807) is 19.3 Å². The Bertz CT molecular complexity index is 1290. The van der Waals surface area contributed by atoms with Crippen molar-refractivity contribution in [2.24, 2.45) is 0 Å². The van der Waals surface area contributed by atoms with E-state index >= 15 is 0 Å². The molecule has 2 N–H and O–H groups in total. The molecule has 0 radical (unpaired) electrons. The van der Waals surface area contributed by atoms with E-state index < -0.39 is 0 Å². The topological polar surface area (TPSA) is 103 Å². The maximum atomic E-state index is 12.5. The Hall–Kier alpha value is -3.46. The number of ether oxygens (including phenoxy) is 1. The Kier molecular flexibility index (Phi) is 4.79. The number of H-pyrrole nitrogens is 1. The number of carbonyl (C=O) groups is 1. The van der Waals surface area contributed by atoms with Gasteiger partial charge in [0.25, 0.3) is 11.5 Å². The monoisotopic (exact) mass is 446 g/mol. The van der Waals surface area contributed by atoms with Gasteiger partial charge in [-0.25, -0.2) is 4.98 Å². The van der Waals surface area contributed by atoms with E-state index in [1.807, 2.05) is 18.3 Å². The fraction of sp³-hybridized carbons (Fsp3) is 0.417. The molecule has 2 fully saturated rings. The number of piperazine rings is 1. The summed E-state index contributed by atoms with van der Waals surface area (Å²) in [7, 11) is 1.61. The Morgan fingerprint density at radius 2 is 2.15 bits per heavy atom. The van der Waals surface area contributed by atoms with Crippen molar-refractivity contribution < 1.29 is 9.53 Å². The van der Waals surface area contributed by atoms with Gasteiger partial charge in [-0.1, -0.05) is 0 Å². The number of pyridine rings is 3. The van der Waals surface area contributed by atoms with Crippen LogP contribution in [0.5, 0.6) is 5.75 Å². The molecule has 0 bridgehead atoms. The van der Waals surface area contributed by atoms with Gasteiger partial charge in [-0.05, 0) is 43.0 Å². The van der Waals surface area contributed by atoms with Crippen molar-refractivity contribution in [3.05, 3.63) is 57.8 Å². The second-order valence-electron chi connectivity index (χ2n) is 8.97. The van der Waals surface area contributed by atoms with Crippen LogP contribution < -0.4 is 20.5 Å². The van der Waals surface area contributed by atoms with Crippen molar-refractivity contribution in [1.29, 1.82) is 0 Å². The Morgan fingerprint density at radius 1 is 1.24 bits per heavy atom. The van der Waals surface area contributed by atoms with Gasteiger partial charge < -0.3 is 19.9 Å². The molecule has 1 saturated heterocycles. The van der Waals surface area contributed by atoms with E-state index in [0.717, 1.165) is 61.2 Å². The molecule has 3 aromatic rings. The third-order valence-electron chi connectivity index (χ3n) is 6.92. The Labute approximate surface area is 190 Å². The molecule has 6 rings (SSSR count). The summed E-state index contributed by atoms with van der Waals surface area (Å²) in [4.78, 5) is 41.1. The average Bonchev–Trinajstić information content (AvgIpc) is 3.65. The third-order valence-corrected chi connectivity index (χ3v) is 6.92. The molecule has 2 atom stereocenters. The van der Waals surface area contributed by atoms with E-state index in [2.05, 4.69) is 30.1 Å². The van der Waals surface area contributed by atoms with Gasteiger partial charge in [-0.2, -0.15) is 0 Å². The number of carbonyl (C=O) groups excluding carboxylic acids is 1. The predicted octanol–water partition coefficient (Wildman–Crippen LogP) is 1.47. The molecule has 9 heteroatoms. The number of hydrogen-bond acceptors (Lipinski definition) is 7. The van der Waals surface area contributed by atoms with Crippen molar-refractivity contribution in [1.82, 2.24) is 25.2 Å². The summed E-state index contributed by atoms with van der Waals surface area (Å²) in [6, 6.07) is 6.74. The first-order valence-electron chi connectivity index (χ1n) is 11.5. The normalized spacial score (nSPS) is 21.8. The number of nitrogens with one attached hydrogen (secondary N) is 2. The van der Waals surface area contributed by atoms with E-state index in [9.17, 15) is 9.59 Å². The largest absolute Gasteiger partial charge is 0.491 e. The molecule has 1 unspecified atom stereocenters. The number of aromatic amines is 1. The second kappa shape index (κ2) is 7.84. The minimum Gasteiger partial charge on any atom is -0.491 e. The Balaban J connectivity index is 1.17. The number of amides is 1. The van der Waals surface area contributed by atoms with Crippen LogP contribution in [0.4, 0.5) is 5.69 Å². The van der Waals surface area contributed by atoms with Gasteiger partial charge in [0, 0.05) is 45.0 Å². The number of fused-ring (bicyclic) bond motifs is 4. The first kappa shape index (κ1) is 20.2. The van der Waals surface area contributed by atoms with Crippen LogP contribution in [0.3, 0.4) is 0 Å². The first-order valence-corrected chi connectivity index (χ1v) is 11.5. The maximum absolute atomic E-state index is 12.5. The minimum absolute atomic E-state index is 0.0666. The standard InChI is InChI=1S/C24H26N6O3/c1-25-24(32)17-5-4-15(12-26-17)30-7-6-29(19-10-20(19)30)13-14-9-18-21(27-11-14)22-16(23(31)28-18)3-2-8-33-22/h4-5,9,11-12,19-20H,2-3,6-8,10,13H2,1H3,(H,25,32)(H,28,31)/t19-,20?/m0/s1. The number of anilines is 1. The molecule has 9 nitrogen and oxygen atoms in total. The van der Waals surface area contributed by atoms with Gasteiger partial charge in [0.1, 0.15) is 11.2 Å². The molecule has 33 heavy (non-hydrogen) atoms. The summed E-state index contributed by atoms with van der Waals surface area (Å²) in [5.41, 5.74) is 4.71. The lowest BCUT2D eigenvalue weighted by Crippen LogP contribution is -2.46. The summed E-state index contributed by atoms with van der Waals surface area (Å²) in [5, 5.41) is 2.60. The van der Waals surface area contributed by atoms with E-state index in [-0.39, 0.29) is 11.5 Å². The van der Waals surface area contributed by atoms with Crippen LogP contribution in [-0.2, 0) is 13.0 Å². The molecule has 2 aliphatic heterocycles. The number of aromatic nitrogens is 3. The highest BCUT2D eigenvalue weighted by Gasteiger charge is 2.48. The zero-order valence-electron chi connectivity index (χ0n) is 18.5. The zero-order valence-corrected chi connectivity index (χ0v) is 18.5. The predicted molar refractivity (Wildman–Crippen MR) is 124 cm³/mol. The molecular formula is C24H26N6O3. The van der Waals surface area contributed by atoms with Crippen molar-refractivity contribution in [3.63, 3.8) is 0 Å². The van der Waals surface area contributed by atoms with Gasteiger partial charge in [-0.15, -0.1) is 0 Å². The molecule has 0 spiro atoms. The fourth-order valence-electron chi connectivity index (χ4n) is 5.15.